The van der Waals surface area contributed by atoms with E-state index < -0.39 is 0 Å². The highest BCUT2D eigenvalue weighted by molar-refractivity contribution is 8.18. The molecule has 1 aromatic carbocycles. The van der Waals surface area contributed by atoms with Gasteiger partial charge in [-0.15, -0.1) is 0 Å². The second-order valence-electron chi connectivity index (χ2n) is 5.19. The Balaban J connectivity index is 1.86. The Morgan fingerprint density at radius 1 is 1.23 bits per heavy atom. The number of hydrogen-bond acceptors (Lipinski definition) is 4. The van der Waals surface area contributed by atoms with E-state index in [1.54, 1.807) is 0 Å². The molecule has 0 aliphatic carbocycles. The lowest BCUT2D eigenvalue weighted by atomic mass is 10.2. The third-order valence-electron chi connectivity index (χ3n) is 3.25. The van der Waals surface area contributed by atoms with Crippen LogP contribution in [0.3, 0.4) is 0 Å². The average molecular weight is 312 g/mol. The van der Waals surface area contributed by atoms with Crippen LogP contribution < -0.4 is 5.32 Å². The summed E-state index contributed by atoms with van der Waals surface area (Å²) in [6, 6.07) is 9.78. The fourth-order valence-corrected chi connectivity index (χ4v) is 3.06. The Morgan fingerprint density at radius 3 is 2.73 bits per heavy atom. The van der Waals surface area contributed by atoms with Crippen LogP contribution in [0.1, 0.15) is 22.6 Å². The summed E-state index contributed by atoms with van der Waals surface area (Å²) in [5.74, 6) is 1.51. The summed E-state index contributed by atoms with van der Waals surface area (Å²) in [7, 11) is 0. The highest BCUT2D eigenvalue weighted by Gasteiger charge is 2.24. The quantitative estimate of drug-likeness (QED) is 0.850. The molecule has 1 N–H and O–H groups in total. The molecule has 4 nitrogen and oxygen atoms in total. The molecule has 0 unspecified atom stereocenters. The molecule has 0 atom stereocenters. The average Bonchev–Trinajstić information content (AvgIpc) is 2.93. The van der Waals surface area contributed by atoms with Crippen molar-refractivity contribution in [3.63, 3.8) is 0 Å². The zero-order valence-electron chi connectivity index (χ0n) is 12.6. The van der Waals surface area contributed by atoms with Gasteiger partial charge in [-0.2, -0.15) is 0 Å². The summed E-state index contributed by atoms with van der Waals surface area (Å²) >= 11 is 1.34. The predicted octanol–water partition coefficient (Wildman–Crippen LogP) is 4.10. The molecular weight excluding hydrogens is 296 g/mol. The summed E-state index contributed by atoms with van der Waals surface area (Å²) in [4.78, 5) is 17.1. The van der Waals surface area contributed by atoms with Gasteiger partial charge >= 0.3 is 0 Å². The Morgan fingerprint density at radius 2 is 2.05 bits per heavy atom. The number of carbonyl (C=O) groups is 1. The van der Waals surface area contributed by atoms with Crippen LogP contribution in [-0.2, 0) is 4.79 Å². The van der Waals surface area contributed by atoms with Crippen molar-refractivity contribution < 1.29 is 9.21 Å². The van der Waals surface area contributed by atoms with E-state index in [-0.39, 0.29) is 5.91 Å². The van der Waals surface area contributed by atoms with Crippen molar-refractivity contribution >= 4 is 34.6 Å². The SMILES string of the molecule is Cc1cccc(N=C2NC(=O)/C(=C/c3cc(C)oc3C)S2)c1. The predicted molar refractivity (Wildman–Crippen MR) is 90.2 cm³/mol. The van der Waals surface area contributed by atoms with Gasteiger partial charge in [-0.1, -0.05) is 12.1 Å². The van der Waals surface area contributed by atoms with E-state index in [1.807, 2.05) is 57.2 Å². The van der Waals surface area contributed by atoms with Crippen LogP contribution in [0.5, 0.6) is 0 Å². The van der Waals surface area contributed by atoms with E-state index >= 15 is 0 Å². The summed E-state index contributed by atoms with van der Waals surface area (Å²) in [6.45, 7) is 5.79. The molecule has 1 saturated heterocycles. The number of furan rings is 1. The molecule has 2 heterocycles. The summed E-state index contributed by atoms with van der Waals surface area (Å²) in [5, 5.41) is 3.39. The van der Waals surface area contributed by atoms with Gasteiger partial charge in [0.15, 0.2) is 5.17 Å². The van der Waals surface area contributed by atoms with Crippen molar-refractivity contribution in [1.29, 1.82) is 0 Å². The minimum absolute atomic E-state index is 0.130. The van der Waals surface area contributed by atoms with Gasteiger partial charge in [0.25, 0.3) is 5.91 Å². The Bertz CT molecular complexity index is 803. The van der Waals surface area contributed by atoms with Crippen LogP contribution in [-0.4, -0.2) is 11.1 Å². The Kier molecular flexibility index (Phi) is 3.90. The molecule has 1 amide bonds. The normalized spacial score (nSPS) is 18.2. The van der Waals surface area contributed by atoms with Gasteiger partial charge in [0.05, 0.1) is 10.6 Å². The van der Waals surface area contributed by atoms with Gasteiger partial charge in [0.2, 0.25) is 0 Å². The van der Waals surface area contributed by atoms with Gasteiger partial charge in [-0.05, 0) is 62.4 Å². The third-order valence-corrected chi connectivity index (χ3v) is 4.16. The molecule has 1 aliphatic rings. The third kappa shape index (κ3) is 3.14. The number of nitrogens with zero attached hydrogens (tertiary/aromatic N) is 1. The summed E-state index contributed by atoms with van der Waals surface area (Å²) in [5.41, 5.74) is 2.89. The topological polar surface area (TPSA) is 54.6 Å². The number of benzene rings is 1. The molecule has 0 bridgehead atoms. The largest absolute Gasteiger partial charge is 0.466 e. The summed E-state index contributed by atoms with van der Waals surface area (Å²) < 4.78 is 5.48. The minimum atomic E-state index is -0.130. The van der Waals surface area contributed by atoms with Gasteiger partial charge in [0.1, 0.15) is 11.5 Å². The first-order valence-electron chi connectivity index (χ1n) is 6.94. The maximum atomic E-state index is 12.1. The zero-order valence-corrected chi connectivity index (χ0v) is 13.5. The number of hydrogen-bond donors (Lipinski definition) is 1. The van der Waals surface area contributed by atoms with Crippen LogP contribution in [0.15, 0.2) is 44.6 Å². The first-order valence-corrected chi connectivity index (χ1v) is 7.76. The Hall–Kier alpha value is -2.27. The Labute approximate surface area is 133 Å². The van der Waals surface area contributed by atoms with Crippen LogP contribution in [0.4, 0.5) is 5.69 Å². The lowest BCUT2D eigenvalue weighted by Crippen LogP contribution is -2.19. The van der Waals surface area contributed by atoms with Gasteiger partial charge in [-0.3, -0.25) is 4.79 Å². The maximum Gasteiger partial charge on any atom is 0.264 e. The van der Waals surface area contributed by atoms with Crippen LogP contribution in [0.2, 0.25) is 0 Å². The molecular formula is C17H16N2O2S. The van der Waals surface area contributed by atoms with E-state index in [0.717, 1.165) is 28.3 Å². The fourth-order valence-electron chi connectivity index (χ4n) is 2.23. The molecule has 2 aromatic rings. The number of thioether (sulfide) groups is 1. The lowest BCUT2D eigenvalue weighted by molar-refractivity contribution is -0.115. The second-order valence-corrected chi connectivity index (χ2v) is 6.22. The molecule has 5 heteroatoms. The molecule has 0 saturated carbocycles. The maximum absolute atomic E-state index is 12.1. The van der Waals surface area contributed by atoms with Crippen molar-refractivity contribution in [1.82, 2.24) is 5.32 Å². The van der Waals surface area contributed by atoms with Gasteiger partial charge in [-0.25, -0.2) is 4.99 Å². The van der Waals surface area contributed by atoms with Gasteiger partial charge < -0.3 is 9.73 Å². The highest BCUT2D eigenvalue weighted by atomic mass is 32.2. The van der Waals surface area contributed by atoms with E-state index in [0.29, 0.717) is 10.1 Å². The van der Waals surface area contributed by atoms with Crippen molar-refractivity contribution in [3.05, 3.63) is 57.9 Å². The standard InChI is InChI=1S/C17H16N2O2S/c1-10-5-4-6-14(7-10)18-17-19-16(20)15(22-17)9-13-8-11(2)21-12(13)3/h4-9H,1-3H3,(H,18,19,20)/b15-9-. The van der Waals surface area contributed by atoms with E-state index in [4.69, 9.17) is 4.42 Å². The van der Waals surface area contributed by atoms with E-state index in [1.165, 1.54) is 11.8 Å². The van der Waals surface area contributed by atoms with Crippen LogP contribution in [0, 0.1) is 20.8 Å². The number of amidine groups is 1. The van der Waals surface area contributed by atoms with E-state index in [9.17, 15) is 4.79 Å². The number of carbonyl (C=O) groups excluding carboxylic acids is 1. The first-order chi connectivity index (χ1) is 10.5. The highest BCUT2D eigenvalue weighted by Crippen LogP contribution is 2.29. The fraction of sp³-hybridized carbons (Fsp3) is 0.176. The monoisotopic (exact) mass is 312 g/mol. The number of aryl methyl sites for hydroxylation is 3. The van der Waals surface area contributed by atoms with Crippen molar-refractivity contribution in [2.45, 2.75) is 20.8 Å². The van der Waals surface area contributed by atoms with Crippen LogP contribution >= 0.6 is 11.8 Å². The lowest BCUT2D eigenvalue weighted by Gasteiger charge is -1.97. The zero-order chi connectivity index (χ0) is 15.7. The second kappa shape index (κ2) is 5.85. The van der Waals surface area contributed by atoms with Gasteiger partial charge in [0, 0.05) is 5.56 Å². The number of rotatable bonds is 2. The smallest absolute Gasteiger partial charge is 0.264 e. The van der Waals surface area contributed by atoms with Crippen molar-refractivity contribution in [3.8, 4) is 0 Å². The number of aliphatic imine (C=N–C) groups is 1. The molecule has 1 aromatic heterocycles. The molecule has 112 valence electrons. The van der Waals surface area contributed by atoms with Crippen molar-refractivity contribution in [2.24, 2.45) is 4.99 Å². The number of amides is 1. The van der Waals surface area contributed by atoms with E-state index in [2.05, 4.69) is 10.3 Å². The minimum Gasteiger partial charge on any atom is -0.466 e. The molecule has 1 fully saturated rings. The number of nitrogens with one attached hydrogen (secondary N) is 1. The molecule has 1 aliphatic heterocycles. The van der Waals surface area contributed by atoms with Crippen LogP contribution in [0.25, 0.3) is 6.08 Å². The van der Waals surface area contributed by atoms with Crippen molar-refractivity contribution in [2.75, 3.05) is 0 Å². The summed E-state index contributed by atoms with van der Waals surface area (Å²) in [6.07, 6.45) is 1.84. The molecule has 3 rings (SSSR count). The molecule has 0 spiro atoms. The molecule has 0 radical (unpaired) electrons. The first kappa shape index (κ1) is 14.7. The molecule has 22 heavy (non-hydrogen) atoms.